The third kappa shape index (κ3) is 3.40. The van der Waals surface area contributed by atoms with Gasteiger partial charge in [0, 0.05) is 17.1 Å². The molecule has 15 heavy (non-hydrogen) atoms. The van der Waals surface area contributed by atoms with E-state index in [-0.39, 0.29) is 5.60 Å². The van der Waals surface area contributed by atoms with Crippen LogP contribution in [0, 0.1) is 0 Å². The summed E-state index contributed by atoms with van der Waals surface area (Å²) >= 11 is 5.89. The Kier molecular flexibility index (Phi) is 4.00. The third-order valence-electron chi connectivity index (χ3n) is 2.48. The molecule has 1 aromatic carbocycles. The van der Waals surface area contributed by atoms with Crippen molar-refractivity contribution in [2.45, 2.75) is 39.3 Å². The summed E-state index contributed by atoms with van der Waals surface area (Å²) in [5.74, 6) is 0.828. The third-order valence-corrected chi connectivity index (χ3v) is 2.72. The first-order valence-electron chi connectivity index (χ1n) is 5.16. The fourth-order valence-electron chi connectivity index (χ4n) is 1.18. The van der Waals surface area contributed by atoms with Crippen molar-refractivity contribution in [2.75, 3.05) is 0 Å². The molecule has 2 nitrogen and oxygen atoms in total. The van der Waals surface area contributed by atoms with Gasteiger partial charge < -0.3 is 10.5 Å². The van der Waals surface area contributed by atoms with E-state index in [1.807, 2.05) is 18.2 Å². The Morgan fingerprint density at radius 3 is 2.60 bits per heavy atom. The quantitative estimate of drug-likeness (QED) is 0.856. The van der Waals surface area contributed by atoms with Crippen LogP contribution in [0.2, 0.25) is 5.02 Å². The van der Waals surface area contributed by atoms with Gasteiger partial charge in [0.1, 0.15) is 11.4 Å². The second-order valence-corrected chi connectivity index (χ2v) is 4.61. The number of hydrogen-bond acceptors (Lipinski definition) is 2. The largest absolute Gasteiger partial charge is 0.488 e. The minimum atomic E-state index is -0.169. The highest BCUT2D eigenvalue weighted by atomic mass is 35.5. The molecule has 0 amide bonds. The zero-order valence-electron chi connectivity index (χ0n) is 9.51. The maximum Gasteiger partial charge on any atom is 0.124 e. The molecule has 0 fully saturated rings. The topological polar surface area (TPSA) is 35.2 Å². The molecule has 0 aliphatic heterocycles. The predicted molar refractivity (Wildman–Crippen MR) is 64.3 cm³/mol. The number of ether oxygens (including phenoxy) is 1. The number of halogens is 1. The molecule has 0 aliphatic carbocycles. The minimum Gasteiger partial charge on any atom is -0.488 e. The number of benzene rings is 1. The summed E-state index contributed by atoms with van der Waals surface area (Å²) in [7, 11) is 0. The zero-order chi connectivity index (χ0) is 11.5. The van der Waals surface area contributed by atoms with Gasteiger partial charge in [0.25, 0.3) is 0 Å². The van der Waals surface area contributed by atoms with Gasteiger partial charge in [-0.2, -0.15) is 0 Å². The SMILES string of the molecule is CCC(C)(C)Oc1ccc(Cl)cc1CN. The molecule has 0 bridgehead atoms. The molecule has 2 N–H and O–H groups in total. The lowest BCUT2D eigenvalue weighted by Crippen LogP contribution is -2.27. The molecule has 1 rings (SSSR count). The van der Waals surface area contributed by atoms with Crippen LogP contribution < -0.4 is 10.5 Å². The van der Waals surface area contributed by atoms with Crippen LogP contribution in [0.1, 0.15) is 32.8 Å². The van der Waals surface area contributed by atoms with E-state index in [0.29, 0.717) is 11.6 Å². The monoisotopic (exact) mass is 227 g/mol. The first kappa shape index (κ1) is 12.3. The van der Waals surface area contributed by atoms with E-state index in [2.05, 4.69) is 20.8 Å². The number of nitrogens with two attached hydrogens (primary N) is 1. The van der Waals surface area contributed by atoms with E-state index in [0.717, 1.165) is 17.7 Å². The Morgan fingerprint density at radius 1 is 1.40 bits per heavy atom. The van der Waals surface area contributed by atoms with Gasteiger partial charge in [-0.15, -0.1) is 0 Å². The summed E-state index contributed by atoms with van der Waals surface area (Å²) in [6.45, 7) is 6.65. The maximum atomic E-state index is 5.89. The Bertz CT molecular complexity index is 336. The Morgan fingerprint density at radius 2 is 2.07 bits per heavy atom. The maximum absolute atomic E-state index is 5.89. The first-order chi connectivity index (χ1) is 6.98. The standard InChI is InChI=1S/C12H18ClNO/c1-4-12(2,3)15-11-6-5-10(13)7-9(11)8-14/h5-7H,4,8,14H2,1-3H3. The second kappa shape index (κ2) is 4.86. The molecule has 0 unspecified atom stereocenters. The highest BCUT2D eigenvalue weighted by molar-refractivity contribution is 6.30. The van der Waals surface area contributed by atoms with Crippen molar-refractivity contribution in [2.24, 2.45) is 5.73 Å². The normalized spacial score (nSPS) is 11.5. The molecule has 0 atom stereocenters. The Hall–Kier alpha value is -0.730. The summed E-state index contributed by atoms with van der Waals surface area (Å²) < 4.78 is 5.89. The fraction of sp³-hybridized carbons (Fsp3) is 0.500. The molecule has 84 valence electrons. The predicted octanol–water partition coefficient (Wildman–Crippen LogP) is 3.37. The Balaban J connectivity index is 2.94. The van der Waals surface area contributed by atoms with Crippen molar-refractivity contribution in [1.29, 1.82) is 0 Å². The van der Waals surface area contributed by atoms with Crippen molar-refractivity contribution in [3.05, 3.63) is 28.8 Å². The first-order valence-corrected chi connectivity index (χ1v) is 5.54. The van der Waals surface area contributed by atoms with Crippen molar-refractivity contribution in [1.82, 2.24) is 0 Å². The van der Waals surface area contributed by atoms with E-state index < -0.39 is 0 Å². The minimum absolute atomic E-state index is 0.169. The second-order valence-electron chi connectivity index (χ2n) is 4.17. The van der Waals surface area contributed by atoms with Gasteiger partial charge in [-0.1, -0.05) is 18.5 Å². The highest BCUT2D eigenvalue weighted by Gasteiger charge is 2.18. The summed E-state index contributed by atoms with van der Waals surface area (Å²) in [6.07, 6.45) is 0.944. The molecular formula is C12H18ClNO. The average molecular weight is 228 g/mol. The van der Waals surface area contributed by atoms with Crippen LogP contribution >= 0.6 is 11.6 Å². The fourth-order valence-corrected chi connectivity index (χ4v) is 1.37. The van der Waals surface area contributed by atoms with Crippen LogP contribution in [-0.4, -0.2) is 5.60 Å². The summed E-state index contributed by atoms with van der Waals surface area (Å²) in [5.41, 5.74) is 6.42. The number of rotatable bonds is 4. The summed E-state index contributed by atoms with van der Waals surface area (Å²) in [5, 5.41) is 0.692. The molecule has 0 aromatic heterocycles. The molecule has 0 heterocycles. The molecule has 3 heteroatoms. The van der Waals surface area contributed by atoms with Crippen LogP contribution in [-0.2, 0) is 6.54 Å². The lowest BCUT2D eigenvalue weighted by molar-refractivity contribution is 0.104. The molecule has 1 aromatic rings. The molecule has 0 radical (unpaired) electrons. The van der Waals surface area contributed by atoms with E-state index in [4.69, 9.17) is 22.1 Å². The van der Waals surface area contributed by atoms with Gasteiger partial charge in [-0.05, 0) is 38.5 Å². The van der Waals surface area contributed by atoms with E-state index in [1.165, 1.54) is 0 Å². The van der Waals surface area contributed by atoms with Crippen LogP contribution in [0.25, 0.3) is 0 Å². The lowest BCUT2D eigenvalue weighted by Gasteiger charge is -2.26. The van der Waals surface area contributed by atoms with Gasteiger partial charge in [-0.25, -0.2) is 0 Å². The van der Waals surface area contributed by atoms with Gasteiger partial charge in [0.2, 0.25) is 0 Å². The molecule has 0 aliphatic rings. The van der Waals surface area contributed by atoms with Gasteiger partial charge >= 0.3 is 0 Å². The van der Waals surface area contributed by atoms with Crippen molar-refractivity contribution in [3.63, 3.8) is 0 Å². The van der Waals surface area contributed by atoms with Crippen LogP contribution in [0.4, 0.5) is 0 Å². The summed E-state index contributed by atoms with van der Waals surface area (Å²) in [6, 6.07) is 5.55. The molecular weight excluding hydrogens is 210 g/mol. The number of hydrogen-bond donors (Lipinski definition) is 1. The van der Waals surface area contributed by atoms with E-state index in [1.54, 1.807) is 0 Å². The van der Waals surface area contributed by atoms with Crippen molar-refractivity contribution in [3.8, 4) is 5.75 Å². The lowest BCUT2D eigenvalue weighted by atomic mass is 10.1. The van der Waals surface area contributed by atoms with Crippen LogP contribution in [0.15, 0.2) is 18.2 Å². The van der Waals surface area contributed by atoms with E-state index >= 15 is 0 Å². The van der Waals surface area contributed by atoms with Crippen molar-refractivity contribution >= 4 is 11.6 Å². The van der Waals surface area contributed by atoms with E-state index in [9.17, 15) is 0 Å². The average Bonchev–Trinajstić information content (AvgIpc) is 2.20. The van der Waals surface area contributed by atoms with Crippen LogP contribution in [0.5, 0.6) is 5.75 Å². The Labute approximate surface area is 96.4 Å². The van der Waals surface area contributed by atoms with Crippen molar-refractivity contribution < 1.29 is 4.74 Å². The summed E-state index contributed by atoms with van der Waals surface area (Å²) in [4.78, 5) is 0. The highest BCUT2D eigenvalue weighted by Crippen LogP contribution is 2.27. The van der Waals surface area contributed by atoms with Crippen LogP contribution in [0.3, 0.4) is 0 Å². The molecule has 0 spiro atoms. The zero-order valence-corrected chi connectivity index (χ0v) is 10.3. The molecule has 0 saturated heterocycles. The molecule has 0 saturated carbocycles. The van der Waals surface area contributed by atoms with Gasteiger partial charge in [0.15, 0.2) is 0 Å². The van der Waals surface area contributed by atoms with Gasteiger partial charge in [0.05, 0.1) is 0 Å². The smallest absolute Gasteiger partial charge is 0.124 e. The van der Waals surface area contributed by atoms with Gasteiger partial charge in [-0.3, -0.25) is 0 Å².